The minimum Gasteiger partial charge on any atom is -0.493 e. The average Bonchev–Trinajstić information content (AvgIpc) is 2.80. The van der Waals surface area contributed by atoms with E-state index in [1.165, 1.54) is 11.1 Å². The fourth-order valence-electron chi connectivity index (χ4n) is 4.39. The molecule has 1 aromatic rings. The van der Waals surface area contributed by atoms with Gasteiger partial charge in [-0.15, -0.1) is 0 Å². The molecule has 1 unspecified atom stereocenters. The van der Waals surface area contributed by atoms with E-state index in [4.69, 9.17) is 9.47 Å². The highest BCUT2D eigenvalue weighted by Gasteiger charge is 2.45. The van der Waals surface area contributed by atoms with Crippen molar-refractivity contribution in [3.63, 3.8) is 0 Å². The summed E-state index contributed by atoms with van der Waals surface area (Å²) in [5.41, 5.74) is 2.85. The van der Waals surface area contributed by atoms with Crippen LogP contribution in [0.15, 0.2) is 18.2 Å². The highest BCUT2D eigenvalue weighted by atomic mass is 19.4. The third-order valence-electron chi connectivity index (χ3n) is 5.96. The van der Waals surface area contributed by atoms with Gasteiger partial charge in [0.05, 0.1) is 19.1 Å². The number of halogens is 3. The Balaban J connectivity index is 1.68. The molecule has 2 aliphatic rings. The van der Waals surface area contributed by atoms with E-state index in [9.17, 15) is 13.2 Å². The zero-order chi connectivity index (χ0) is 17.4. The van der Waals surface area contributed by atoms with Crippen LogP contribution in [0.25, 0.3) is 0 Å². The maximum absolute atomic E-state index is 12.2. The molecule has 134 valence electrons. The summed E-state index contributed by atoms with van der Waals surface area (Å²) in [5, 5.41) is 0. The van der Waals surface area contributed by atoms with Crippen LogP contribution in [0.5, 0.6) is 5.75 Å². The quantitative estimate of drug-likeness (QED) is 0.744. The number of alkyl halides is 3. The first kappa shape index (κ1) is 17.6. The Kier molecular flexibility index (Phi) is 4.82. The second-order valence-electron chi connectivity index (χ2n) is 7.27. The van der Waals surface area contributed by atoms with Crippen molar-refractivity contribution in [1.82, 2.24) is 0 Å². The molecule has 0 aliphatic heterocycles. The number of rotatable bonds is 4. The van der Waals surface area contributed by atoms with Crippen molar-refractivity contribution < 1.29 is 22.6 Å². The van der Waals surface area contributed by atoms with Crippen molar-refractivity contribution in [3.8, 4) is 5.75 Å². The minimum absolute atomic E-state index is 0.280. The van der Waals surface area contributed by atoms with Crippen molar-refractivity contribution in [1.29, 1.82) is 0 Å². The number of hydrogen-bond donors (Lipinski definition) is 0. The van der Waals surface area contributed by atoms with Gasteiger partial charge in [0.1, 0.15) is 5.75 Å². The van der Waals surface area contributed by atoms with Gasteiger partial charge in [0.2, 0.25) is 0 Å². The molecule has 3 rings (SSSR count). The lowest BCUT2D eigenvalue weighted by molar-refractivity contribution is -0.139. The number of methoxy groups -OCH3 is 1. The molecular formula is C19H25F3O2. The second kappa shape index (κ2) is 6.58. The molecule has 0 heterocycles. The lowest BCUT2D eigenvalue weighted by atomic mass is 9.66. The van der Waals surface area contributed by atoms with Crippen LogP contribution in [0, 0.1) is 5.41 Å². The lowest BCUT2D eigenvalue weighted by Gasteiger charge is -2.40. The molecule has 0 aromatic heterocycles. The highest BCUT2D eigenvalue weighted by Crippen LogP contribution is 2.55. The van der Waals surface area contributed by atoms with Crippen molar-refractivity contribution >= 4 is 0 Å². The molecule has 1 spiro atoms. The number of ether oxygens (including phenoxy) is 2. The van der Waals surface area contributed by atoms with E-state index < -0.39 is 12.6 Å². The van der Waals surface area contributed by atoms with Crippen LogP contribution in [-0.4, -0.2) is 26.0 Å². The van der Waals surface area contributed by atoms with Gasteiger partial charge in [0.15, 0.2) is 0 Å². The van der Waals surface area contributed by atoms with Gasteiger partial charge in [-0.25, -0.2) is 0 Å². The average molecular weight is 342 g/mol. The second-order valence-corrected chi connectivity index (χ2v) is 7.27. The first-order chi connectivity index (χ1) is 11.3. The van der Waals surface area contributed by atoms with Crippen molar-refractivity contribution in [2.24, 2.45) is 5.41 Å². The zero-order valence-electron chi connectivity index (χ0n) is 14.3. The van der Waals surface area contributed by atoms with Crippen LogP contribution in [-0.2, 0) is 11.2 Å². The molecule has 2 aliphatic carbocycles. The topological polar surface area (TPSA) is 18.5 Å². The summed E-state index contributed by atoms with van der Waals surface area (Å²) in [4.78, 5) is 0. The standard InChI is InChI=1S/C19H25F3O2/c1-13-17-11-16(24-10-9-19(20,21)22)4-3-14(17)12-18(13)7-5-15(23-2)6-8-18/h3-4,11,13,15H,5-10,12H2,1-2H3. The number of benzene rings is 1. The van der Waals surface area contributed by atoms with Gasteiger partial charge < -0.3 is 9.47 Å². The Labute approximate surface area is 141 Å². The van der Waals surface area contributed by atoms with Gasteiger partial charge in [-0.2, -0.15) is 13.2 Å². The van der Waals surface area contributed by atoms with E-state index in [1.807, 2.05) is 18.2 Å². The summed E-state index contributed by atoms with van der Waals surface area (Å²) < 4.78 is 47.6. The molecule has 0 radical (unpaired) electrons. The molecule has 0 amide bonds. The Hall–Kier alpha value is -1.23. The van der Waals surface area contributed by atoms with E-state index in [-0.39, 0.29) is 12.0 Å². The van der Waals surface area contributed by atoms with Gasteiger partial charge in [0.25, 0.3) is 0 Å². The summed E-state index contributed by atoms with van der Waals surface area (Å²) in [6.07, 6.45) is 0.802. The first-order valence-electron chi connectivity index (χ1n) is 8.68. The van der Waals surface area contributed by atoms with Crippen LogP contribution < -0.4 is 4.74 Å². The van der Waals surface area contributed by atoms with Crippen molar-refractivity contribution in [2.45, 2.75) is 63.6 Å². The Bertz CT molecular complexity index is 574. The fraction of sp³-hybridized carbons (Fsp3) is 0.684. The molecule has 5 heteroatoms. The minimum atomic E-state index is -4.17. The summed E-state index contributed by atoms with van der Waals surface area (Å²) >= 11 is 0. The Morgan fingerprint density at radius 3 is 2.54 bits per heavy atom. The van der Waals surface area contributed by atoms with Gasteiger partial charge in [-0.05, 0) is 66.7 Å². The van der Waals surface area contributed by atoms with Crippen molar-refractivity contribution in [2.75, 3.05) is 13.7 Å². The molecule has 24 heavy (non-hydrogen) atoms. The number of fused-ring (bicyclic) bond motifs is 1. The molecule has 1 aromatic carbocycles. The summed E-state index contributed by atoms with van der Waals surface area (Å²) in [5.74, 6) is 0.962. The molecular weight excluding hydrogens is 317 g/mol. The Morgan fingerprint density at radius 2 is 1.92 bits per heavy atom. The molecule has 0 saturated heterocycles. The van der Waals surface area contributed by atoms with Crippen LogP contribution >= 0.6 is 0 Å². The maximum atomic E-state index is 12.2. The van der Waals surface area contributed by atoms with Crippen molar-refractivity contribution in [3.05, 3.63) is 29.3 Å². The molecule has 1 atom stereocenters. The van der Waals surface area contributed by atoms with E-state index in [2.05, 4.69) is 6.92 Å². The summed E-state index contributed by atoms with van der Waals surface area (Å²) in [6.45, 7) is 1.93. The maximum Gasteiger partial charge on any atom is 0.392 e. The fourth-order valence-corrected chi connectivity index (χ4v) is 4.39. The third kappa shape index (κ3) is 3.56. The highest BCUT2D eigenvalue weighted by molar-refractivity contribution is 5.43. The van der Waals surface area contributed by atoms with Crippen LogP contribution in [0.4, 0.5) is 13.2 Å². The third-order valence-corrected chi connectivity index (χ3v) is 5.96. The predicted molar refractivity (Wildman–Crippen MR) is 86.4 cm³/mol. The number of hydrogen-bond acceptors (Lipinski definition) is 2. The monoisotopic (exact) mass is 342 g/mol. The molecule has 2 nitrogen and oxygen atoms in total. The van der Waals surface area contributed by atoms with E-state index in [0.717, 1.165) is 32.1 Å². The molecule has 1 saturated carbocycles. The van der Waals surface area contributed by atoms with Gasteiger partial charge in [-0.1, -0.05) is 13.0 Å². The predicted octanol–water partition coefficient (Wildman–Crippen LogP) is 5.25. The molecule has 0 N–H and O–H groups in total. The molecule has 1 fully saturated rings. The molecule has 0 bridgehead atoms. The zero-order valence-corrected chi connectivity index (χ0v) is 14.3. The van der Waals surface area contributed by atoms with E-state index in [1.54, 1.807) is 7.11 Å². The summed E-state index contributed by atoms with van der Waals surface area (Å²) in [7, 11) is 1.78. The van der Waals surface area contributed by atoms with Gasteiger partial charge in [0, 0.05) is 7.11 Å². The Morgan fingerprint density at radius 1 is 1.21 bits per heavy atom. The van der Waals surface area contributed by atoms with Gasteiger partial charge >= 0.3 is 6.18 Å². The van der Waals surface area contributed by atoms with Crippen LogP contribution in [0.1, 0.15) is 56.1 Å². The SMILES string of the molecule is COC1CCC2(CC1)Cc1ccc(OCCC(F)(F)F)cc1C2C. The lowest BCUT2D eigenvalue weighted by Crippen LogP contribution is -2.33. The normalized spacial score (nSPS) is 29.7. The van der Waals surface area contributed by atoms with Gasteiger partial charge in [-0.3, -0.25) is 0 Å². The van der Waals surface area contributed by atoms with Crippen LogP contribution in [0.3, 0.4) is 0 Å². The van der Waals surface area contributed by atoms with E-state index in [0.29, 0.717) is 17.8 Å². The van der Waals surface area contributed by atoms with Crippen LogP contribution in [0.2, 0.25) is 0 Å². The first-order valence-corrected chi connectivity index (χ1v) is 8.68. The van der Waals surface area contributed by atoms with E-state index >= 15 is 0 Å². The largest absolute Gasteiger partial charge is 0.493 e. The smallest absolute Gasteiger partial charge is 0.392 e. The summed E-state index contributed by atoms with van der Waals surface area (Å²) in [6, 6.07) is 5.79.